The van der Waals surface area contributed by atoms with E-state index in [2.05, 4.69) is 20.4 Å². The molecule has 0 spiro atoms. The summed E-state index contributed by atoms with van der Waals surface area (Å²) >= 11 is 0. The molecule has 3 N–H and O–H groups in total. The summed E-state index contributed by atoms with van der Waals surface area (Å²) in [6.45, 7) is -0.103. The maximum atomic E-state index is 13.5. The summed E-state index contributed by atoms with van der Waals surface area (Å²) in [6, 6.07) is 8.67. The molecular formula is C20H24F4IN3O3. The third kappa shape index (κ3) is 9.59. The van der Waals surface area contributed by atoms with Crippen LogP contribution in [0.25, 0.3) is 0 Å². The van der Waals surface area contributed by atoms with Gasteiger partial charge in [-0.3, -0.25) is 4.99 Å². The van der Waals surface area contributed by atoms with Crippen LogP contribution in [0.5, 0.6) is 11.5 Å². The quantitative estimate of drug-likeness (QED) is 0.136. The molecule has 0 aromatic heterocycles. The molecule has 0 fully saturated rings. The molecule has 0 amide bonds. The lowest BCUT2D eigenvalue weighted by atomic mass is 10.1. The number of hydrogen-bond acceptors (Lipinski definition) is 4. The van der Waals surface area contributed by atoms with Gasteiger partial charge in [0.05, 0.1) is 19.2 Å². The van der Waals surface area contributed by atoms with Gasteiger partial charge in [0.25, 0.3) is 0 Å². The molecule has 2 aromatic rings. The Kier molecular flexibility index (Phi) is 12.0. The number of aliphatic hydroxyl groups is 1. The van der Waals surface area contributed by atoms with Crippen LogP contribution in [0, 0.1) is 11.6 Å². The Balaban J connectivity index is 0.00000480. The molecule has 0 aliphatic carbocycles. The second kappa shape index (κ2) is 13.9. The molecule has 0 saturated heterocycles. The van der Waals surface area contributed by atoms with Crippen molar-refractivity contribution in [2.45, 2.75) is 19.6 Å². The SMILES string of the molecule is CCNC(=NCC(O)c1ccc(OC(F)F)cc1)NCCOc1ccc(F)cc1F.I. The summed E-state index contributed by atoms with van der Waals surface area (Å²) in [6.07, 6.45) is -0.953. The van der Waals surface area contributed by atoms with Crippen molar-refractivity contribution < 1.29 is 32.1 Å². The topological polar surface area (TPSA) is 75.1 Å². The molecule has 0 bridgehead atoms. The lowest BCUT2D eigenvalue weighted by Gasteiger charge is -2.14. The molecule has 172 valence electrons. The van der Waals surface area contributed by atoms with Crippen molar-refractivity contribution in [2.75, 3.05) is 26.2 Å². The van der Waals surface area contributed by atoms with Crippen molar-refractivity contribution in [1.29, 1.82) is 0 Å². The predicted molar refractivity (Wildman–Crippen MR) is 119 cm³/mol. The van der Waals surface area contributed by atoms with E-state index in [-0.39, 0.29) is 55.2 Å². The van der Waals surface area contributed by atoms with Gasteiger partial charge in [-0.05, 0) is 36.8 Å². The van der Waals surface area contributed by atoms with Crippen molar-refractivity contribution in [3.05, 3.63) is 59.7 Å². The van der Waals surface area contributed by atoms with Gasteiger partial charge in [-0.25, -0.2) is 8.78 Å². The van der Waals surface area contributed by atoms with Crippen LogP contribution in [-0.4, -0.2) is 43.9 Å². The van der Waals surface area contributed by atoms with Gasteiger partial charge < -0.3 is 25.2 Å². The highest BCUT2D eigenvalue weighted by Gasteiger charge is 2.10. The molecular weight excluding hydrogens is 533 g/mol. The second-order valence-electron chi connectivity index (χ2n) is 6.03. The van der Waals surface area contributed by atoms with Crippen LogP contribution in [0.15, 0.2) is 47.5 Å². The average molecular weight is 557 g/mol. The van der Waals surface area contributed by atoms with Crippen molar-refractivity contribution in [1.82, 2.24) is 10.6 Å². The molecule has 0 radical (unpaired) electrons. The number of ether oxygens (including phenoxy) is 2. The van der Waals surface area contributed by atoms with Crippen molar-refractivity contribution in [2.24, 2.45) is 4.99 Å². The molecule has 11 heteroatoms. The molecule has 2 aromatic carbocycles. The van der Waals surface area contributed by atoms with Crippen LogP contribution in [-0.2, 0) is 0 Å². The number of hydrogen-bond donors (Lipinski definition) is 3. The Bertz CT molecular complexity index is 826. The van der Waals surface area contributed by atoms with E-state index >= 15 is 0 Å². The number of aliphatic imine (C=N–C) groups is 1. The predicted octanol–water partition coefficient (Wildman–Crippen LogP) is 3.85. The summed E-state index contributed by atoms with van der Waals surface area (Å²) in [5.74, 6) is -1.14. The number of nitrogens with zero attached hydrogens (tertiary/aromatic N) is 1. The fourth-order valence-corrected chi connectivity index (χ4v) is 2.42. The first-order valence-corrected chi connectivity index (χ1v) is 9.22. The van der Waals surface area contributed by atoms with E-state index in [0.29, 0.717) is 18.1 Å². The Morgan fingerprint density at radius 3 is 2.42 bits per heavy atom. The van der Waals surface area contributed by atoms with Gasteiger partial charge in [-0.15, -0.1) is 24.0 Å². The van der Waals surface area contributed by atoms with Gasteiger partial charge in [-0.1, -0.05) is 12.1 Å². The number of aliphatic hydroxyl groups excluding tert-OH is 1. The van der Waals surface area contributed by atoms with E-state index < -0.39 is 24.3 Å². The zero-order chi connectivity index (χ0) is 21.9. The van der Waals surface area contributed by atoms with Crippen molar-refractivity contribution in [3.63, 3.8) is 0 Å². The Hall–Kier alpha value is -2.28. The highest BCUT2D eigenvalue weighted by Crippen LogP contribution is 2.20. The number of benzene rings is 2. The number of halogens is 5. The molecule has 1 unspecified atom stereocenters. The smallest absolute Gasteiger partial charge is 0.387 e. The number of nitrogens with one attached hydrogen (secondary N) is 2. The molecule has 0 saturated carbocycles. The summed E-state index contributed by atoms with van der Waals surface area (Å²) in [5, 5.41) is 16.2. The summed E-state index contributed by atoms with van der Waals surface area (Å²) in [7, 11) is 0. The van der Waals surface area contributed by atoms with Gasteiger partial charge in [0.1, 0.15) is 18.2 Å². The van der Waals surface area contributed by atoms with Crippen molar-refractivity contribution >= 4 is 29.9 Å². The highest BCUT2D eigenvalue weighted by molar-refractivity contribution is 14.0. The first-order chi connectivity index (χ1) is 14.4. The van der Waals surface area contributed by atoms with Gasteiger partial charge in [0, 0.05) is 12.6 Å². The summed E-state index contributed by atoms with van der Waals surface area (Å²) < 4.78 is 60.3. The van der Waals surface area contributed by atoms with Crippen LogP contribution in [0.2, 0.25) is 0 Å². The number of rotatable bonds is 10. The Labute approximate surface area is 194 Å². The largest absolute Gasteiger partial charge is 0.489 e. The molecule has 2 rings (SSSR count). The summed E-state index contributed by atoms with van der Waals surface area (Å²) in [4.78, 5) is 4.25. The molecule has 1 atom stereocenters. The van der Waals surface area contributed by atoms with Crippen LogP contribution >= 0.6 is 24.0 Å². The van der Waals surface area contributed by atoms with Crippen LogP contribution in [0.4, 0.5) is 17.6 Å². The molecule has 31 heavy (non-hydrogen) atoms. The van der Waals surface area contributed by atoms with E-state index in [9.17, 15) is 22.7 Å². The van der Waals surface area contributed by atoms with Crippen LogP contribution in [0.3, 0.4) is 0 Å². The molecule has 0 aliphatic heterocycles. The number of guanidine groups is 1. The minimum Gasteiger partial charge on any atom is -0.489 e. The maximum Gasteiger partial charge on any atom is 0.387 e. The third-order valence-corrected chi connectivity index (χ3v) is 3.80. The van der Waals surface area contributed by atoms with Crippen LogP contribution < -0.4 is 20.1 Å². The lowest BCUT2D eigenvalue weighted by Crippen LogP contribution is -2.39. The van der Waals surface area contributed by atoms with E-state index in [1.807, 2.05) is 6.92 Å². The fraction of sp³-hybridized carbons (Fsp3) is 0.350. The lowest BCUT2D eigenvalue weighted by molar-refractivity contribution is -0.0498. The van der Waals surface area contributed by atoms with Crippen molar-refractivity contribution in [3.8, 4) is 11.5 Å². The second-order valence-corrected chi connectivity index (χ2v) is 6.03. The van der Waals surface area contributed by atoms with E-state index in [0.717, 1.165) is 12.1 Å². The highest BCUT2D eigenvalue weighted by atomic mass is 127. The monoisotopic (exact) mass is 557 g/mol. The number of alkyl halides is 2. The molecule has 0 aliphatic rings. The van der Waals surface area contributed by atoms with E-state index in [4.69, 9.17) is 4.74 Å². The van der Waals surface area contributed by atoms with Gasteiger partial charge >= 0.3 is 6.61 Å². The van der Waals surface area contributed by atoms with Crippen LogP contribution in [0.1, 0.15) is 18.6 Å². The van der Waals surface area contributed by atoms with E-state index in [1.54, 1.807) is 0 Å². The minimum atomic E-state index is -2.91. The summed E-state index contributed by atoms with van der Waals surface area (Å²) in [5.41, 5.74) is 0.492. The van der Waals surface area contributed by atoms with Gasteiger partial charge in [0.15, 0.2) is 17.5 Å². The third-order valence-electron chi connectivity index (χ3n) is 3.80. The van der Waals surface area contributed by atoms with Gasteiger partial charge in [-0.2, -0.15) is 8.78 Å². The Morgan fingerprint density at radius 2 is 1.81 bits per heavy atom. The maximum absolute atomic E-state index is 13.5. The van der Waals surface area contributed by atoms with E-state index in [1.165, 1.54) is 30.3 Å². The zero-order valence-electron chi connectivity index (χ0n) is 16.7. The first-order valence-electron chi connectivity index (χ1n) is 9.22. The average Bonchev–Trinajstić information content (AvgIpc) is 2.70. The first kappa shape index (κ1) is 26.8. The normalized spacial score (nSPS) is 12.2. The van der Waals surface area contributed by atoms with Gasteiger partial charge in [0.2, 0.25) is 0 Å². The Morgan fingerprint density at radius 1 is 1.10 bits per heavy atom. The zero-order valence-corrected chi connectivity index (χ0v) is 19.0. The fourth-order valence-electron chi connectivity index (χ4n) is 2.42. The molecule has 6 nitrogen and oxygen atoms in total. The minimum absolute atomic E-state index is 0. The standard InChI is InChI=1S/C20H23F4N3O3.HI/c1-2-25-20(26-9-10-29-18-8-5-14(21)11-16(18)22)27-12-17(28)13-3-6-15(7-4-13)30-19(23)24;/h3-8,11,17,19,28H,2,9-10,12H2,1H3,(H2,25,26,27);1H. The molecule has 0 heterocycles.